The first-order valence-electron chi connectivity index (χ1n) is 7.40. The highest BCUT2D eigenvalue weighted by Crippen LogP contribution is 2.50. The van der Waals surface area contributed by atoms with Crippen LogP contribution in [0.2, 0.25) is 0 Å². The van der Waals surface area contributed by atoms with E-state index in [0.717, 1.165) is 19.3 Å². The summed E-state index contributed by atoms with van der Waals surface area (Å²) in [7, 11) is 0. The fraction of sp³-hybridized carbons (Fsp3) is 0.812. The molecule has 0 spiro atoms. The average Bonchev–Trinajstić information content (AvgIpc) is 2.31. The van der Waals surface area contributed by atoms with E-state index in [4.69, 9.17) is 0 Å². The van der Waals surface area contributed by atoms with Crippen LogP contribution in [-0.4, -0.2) is 11.9 Å². The molecule has 1 N–H and O–H groups in total. The summed E-state index contributed by atoms with van der Waals surface area (Å²) in [6, 6.07) is 0. The van der Waals surface area contributed by atoms with Crippen molar-refractivity contribution in [2.75, 3.05) is 0 Å². The molecular formula is C16H27NO. The average molecular weight is 249 g/mol. The smallest absolute Gasteiger partial charge is 0.207 e. The maximum absolute atomic E-state index is 11.1. The Kier molecular flexibility index (Phi) is 3.84. The molecule has 102 valence electrons. The van der Waals surface area contributed by atoms with Gasteiger partial charge in [-0.25, -0.2) is 0 Å². The van der Waals surface area contributed by atoms with E-state index in [0.29, 0.717) is 23.7 Å². The van der Waals surface area contributed by atoms with Gasteiger partial charge in [0, 0.05) is 11.5 Å². The second-order valence-electron chi connectivity index (χ2n) is 6.73. The molecule has 0 aliphatic heterocycles. The minimum Gasteiger partial charge on any atom is -0.352 e. The van der Waals surface area contributed by atoms with Gasteiger partial charge in [0.15, 0.2) is 0 Å². The number of rotatable bonds is 3. The molecule has 4 atom stereocenters. The van der Waals surface area contributed by atoms with E-state index in [1.807, 2.05) is 0 Å². The van der Waals surface area contributed by atoms with E-state index < -0.39 is 0 Å². The maximum atomic E-state index is 11.1. The first-order chi connectivity index (χ1) is 8.51. The Balaban J connectivity index is 2.39. The summed E-state index contributed by atoms with van der Waals surface area (Å²) >= 11 is 0. The third kappa shape index (κ3) is 2.10. The molecule has 0 radical (unpaired) electrons. The molecule has 0 saturated heterocycles. The summed E-state index contributed by atoms with van der Waals surface area (Å²) in [6.07, 6.45) is 8.18. The molecule has 1 unspecified atom stereocenters. The Bertz CT molecular complexity index is 347. The Labute approximate surface area is 111 Å². The summed E-state index contributed by atoms with van der Waals surface area (Å²) in [4.78, 5) is 11.1. The van der Waals surface area contributed by atoms with Gasteiger partial charge in [-0.1, -0.05) is 32.4 Å². The standard InChI is InChI=1S/C16H27NO/c1-11(2)14-6-5-13(4)16(17-10-18)8-7-12(3)9-15(14)16/h9-11,13-15H,5-8H2,1-4H3,(H,17,18)/t13-,14?,15+,16-/m1/s1. The fourth-order valence-corrected chi connectivity index (χ4v) is 4.24. The molecule has 0 aromatic carbocycles. The van der Waals surface area contributed by atoms with Gasteiger partial charge in [-0.15, -0.1) is 0 Å². The zero-order valence-corrected chi connectivity index (χ0v) is 12.2. The van der Waals surface area contributed by atoms with Crippen molar-refractivity contribution in [2.45, 2.75) is 58.9 Å². The summed E-state index contributed by atoms with van der Waals surface area (Å²) in [5, 5.41) is 3.23. The third-order valence-electron chi connectivity index (χ3n) is 5.45. The van der Waals surface area contributed by atoms with Gasteiger partial charge in [-0.3, -0.25) is 4.79 Å². The van der Waals surface area contributed by atoms with Crippen molar-refractivity contribution in [2.24, 2.45) is 23.7 Å². The molecule has 0 aromatic heterocycles. The Morgan fingerprint density at radius 1 is 1.44 bits per heavy atom. The first kappa shape index (κ1) is 13.6. The molecule has 0 heterocycles. The predicted octanol–water partition coefficient (Wildman–Crippen LogP) is 3.53. The van der Waals surface area contributed by atoms with E-state index in [9.17, 15) is 4.79 Å². The molecule has 2 nitrogen and oxygen atoms in total. The largest absolute Gasteiger partial charge is 0.352 e. The van der Waals surface area contributed by atoms with Crippen LogP contribution in [0.15, 0.2) is 11.6 Å². The molecule has 0 bridgehead atoms. The lowest BCUT2D eigenvalue weighted by Crippen LogP contribution is -2.61. The summed E-state index contributed by atoms with van der Waals surface area (Å²) in [5.41, 5.74) is 1.53. The predicted molar refractivity (Wildman–Crippen MR) is 75.1 cm³/mol. The Morgan fingerprint density at radius 3 is 2.78 bits per heavy atom. The fourth-order valence-electron chi connectivity index (χ4n) is 4.24. The number of hydrogen-bond acceptors (Lipinski definition) is 1. The monoisotopic (exact) mass is 249 g/mol. The third-order valence-corrected chi connectivity index (χ3v) is 5.45. The van der Waals surface area contributed by atoms with Crippen LogP contribution < -0.4 is 5.32 Å². The SMILES string of the molecule is CC1=C[C@H]2C(C(C)C)CC[C@@H](C)[C@]2(NC=O)CC1. The van der Waals surface area contributed by atoms with E-state index in [2.05, 4.69) is 39.1 Å². The van der Waals surface area contributed by atoms with Crippen LogP contribution >= 0.6 is 0 Å². The maximum Gasteiger partial charge on any atom is 0.207 e. The van der Waals surface area contributed by atoms with Crippen molar-refractivity contribution >= 4 is 6.41 Å². The molecular weight excluding hydrogens is 222 g/mol. The lowest BCUT2D eigenvalue weighted by atomic mass is 9.55. The number of allylic oxidation sites excluding steroid dienone is 1. The quantitative estimate of drug-likeness (QED) is 0.601. The van der Waals surface area contributed by atoms with Gasteiger partial charge in [0.25, 0.3) is 0 Å². The van der Waals surface area contributed by atoms with Crippen molar-refractivity contribution in [3.8, 4) is 0 Å². The minimum atomic E-state index is 0.0223. The van der Waals surface area contributed by atoms with Crippen molar-refractivity contribution in [3.05, 3.63) is 11.6 Å². The van der Waals surface area contributed by atoms with Gasteiger partial charge in [0.1, 0.15) is 0 Å². The van der Waals surface area contributed by atoms with E-state index >= 15 is 0 Å². The lowest BCUT2D eigenvalue weighted by molar-refractivity contribution is -0.114. The normalized spacial score (nSPS) is 40.1. The van der Waals surface area contributed by atoms with Crippen molar-refractivity contribution in [3.63, 3.8) is 0 Å². The summed E-state index contributed by atoms with van der Waals surface area (Å²) in [5.74, 6) is 2.52. The molecule has 1 amide bonds. The van der Waals surface area contributed by atoms with Crippen molar-refractivity contribution < 1.29 is 4.79 Å². The van der Waals surface area contributed by atoms with Gasteiger partial charge in [0.2, 0.25) is 6.41 Å². The molecule has 18 heavy (non-hydrogen) atoms. The molecule has 2 aliphatic rings. The Hall–Kier alpha value is -0.790. The zero-order valence-electron chi connectivity index (χ0n) is 12.2. The number of amides is 1. The molecule has 2 heteroatoms. The number of nitrogens with one attached hydrogen (secondary N) is 1. The van der Waals surface area contributed by atoms with Crippen LogP contribution in [0.3, 0.4) is 0 Å². The molecule has 1 fully saturated rings. The second-order valence-corrected chi connectivity index (χ2v) is 6.73. The van der Waals surface area contributed by atoms with E-state index in [1.54, 1.807) is 0 Å². The van der Waals surface area contributed by atoms with Crippen molar-refractivity contribution in [1.82, 2.24) is 5.32 Å². The summed E-state index contributed by atoms with van der Waals surface area (Å²) < 4.78 is 0. The first-order valence-corrected chi connectivity index (χ1v) is 7.40. The van der Waals surface area contributed by atoms with E-state index in [-0.39, 0.29) is 5.54 Å². The lowest BCUT2D eigenvalue weighted by Gasteiger charge is -2.54. The second kappa shape index (κ2) is 5.07. The van der Waals surface area contributed by atoms with E-state index in [1.165, 1.54) is 18.4 Å². The highest BCUT2D eigenvalue weighted by molar-refractivity contribution is 5.49. The number of carbonyl (C=O) groups excluding carboxylic acids is 1. The molecule has 2 aliphatic carbocycles. The number of carbonyl (C=O) groups is 1. The van der Waals surface area contributed by atoms with Gasteiger partial charge in [0.05, 0.1) is 0 Å². The van der Waals surface area contributed by atoms with Crippen LogP contribution in [0.1, 0.15) is 53.4 Å². The molecule has 1 saturated carbocycles. The van der Waals surface area contributed by atoms with Gasteiger partial charge in [-0.05, 0) is 50.4 Å². The topological polar surface area (TPSA) is 29.1 Å². The highest BCUT2D eigenvalue weighted by Gasteiger charge is 2.50. The van der Waals surface area contributed by atoms with Crippen LogP contribution in [0.25, 0.3) is 0 Å². The van der Waals surface area contributed by atoms with Crippen LogP contribution in [0.5, 0.6) is 0 Å². The van der Waals surface area contributed by atoms with Gasteiger partial charge >= 0.3 is 0 Å². The van der Waals surface area contributed by atoms with Crippen LogP contribution in [0.4, 0.5) is 0 Å². The molecule has 0 aromatic rings. The van der Waals surface area contributed by atoms with Gasteiger partial charge < -0.3 is 5.32 Å². The number of fused-ring (bicyclic) bond motifs is 1. The zero-order chi connectivity index (χ0) is 13.3. The van der Waals surface area contributed by atoms with Gasteiger partial charge in [-0.2, -0.15) is 0 Å². The Morgan fingerprint density at radius 2 is 2.17 bits per heavy atom. The number of hydrogen-bond donors (Lipinski definition) is 1. The van der Waals surface area contributed by atoms with Crippen LogP contribution in [-0.2, 0) is 4.79 Å². The minimum absolute atomic E-state index is 0.0223. The summed E-state index contributed by atoms with van der Waals surface area (Å²) in [6.45, 7) is 9.20. The van der Waals surface area contributed by atoms with Crippen molar-refractivity contribution in [1.29, 1.82) is 0 Å². The molecule has 2 rings (SSSR count). The van der Waals surface area contributed by atoms with Crippen LogP contribution in [0, 0.1) is 23.7 Å². The highest BCUT2D eigenvalue weighted by atomic mass is 16.1.